The lowest BCUT2D eigenvalue weighted by Gasteiger charge is -2.29. The summed E-state index contributed by atoms with van der Waals surface area (Å²) in [7, 11) is 0. The number of aliphatic hydroxyl groups is 3. The van der Waals surface area contributed by atoms with Gasteiger partial charge in [0, 0.05) is 19.0 Å². The van der Waals surface area contributed by atoms with Gasteiger partial charge in [0.05, 0.1) is 24.9 Å². The quantitative estimate of drug-likeness (QED) is 0.502. The predicted octanol–water partition coefficient (Wildman–Crippen LogP) is 1.58. The Morgan fingerprint density at radius 3 is 2.23 bits per heavy atom. The van der Waals surface area contributed by atoms with Crippen molar-refractivity contribution >= 4 is 5.91 Å². The maximum absolute atomic E-state index is 12.0. The van der Waals surface area contributed by atoms with Gasteiger partial charge in [-0.3, -0.25) is 9.69 Å². The molecule has 3 rings (SSSR count). The van der Waals surface area contributed by atoms with Crippen molar-refractivity contribution in [3.8, 4) is 11.1 Å². The van der Waals surface area contributed by atoms with E-state index in [0.29, 0.717) is 13.1 Å². The van der Waals surface area contributed by atoms with Crippen LogP contribution in [0, 0.1) is 0 Å². The van der Waals surface area contributed by atoms with Crippen LogP contribution in [-0.2, 0) is 11.2 Å². The summed E-state index contributed by atoms with van der Waals surface area (Å²) >= 11 is 0. The van der Waals surface area contributed by atoms with Crippen molar-refractivity contribution in [3.05, 3.63) is 60.2 Å². The van der Waals surface area contributed by atoms with Crippen LogP contribution in [0.25, 0.3) is 11.1 Å². The third-order valence-electron chi connectivity index (χ3n) is 5.89. The van der Waals surface area contributed by atoms with Gasteiger partial charge in [0.1, 0.15) is 0 Å². The fraction of sp³-hybridized carbons (Fsp3) is 0.458. The Bertz CT molecular complexity index is 797. The molecule has 1 fully saturated rings. The summed E-state index contributed by atoms with van der Waals surface area (Å²) in [5, 5.41) is 33.2. The Morgan fingerprint density at radius 1 is 0.967 bits per heavy atom. The molecular weight excluding hydrogens is 380 g/mol. The van der Waals surface area contributed by atoms with Gasteiger partial charge in [-0.15, -0.1) is 0 Å². The molecule has 0 saturated carbocycles. The van der Waals surface area contributed by atoms with E-state index in [1.54, 1.807) is 0 Å². The van der Waals surface area contributed by atoms with Crippen molar-refractivity contribution in [2.75, 3.05) is 19.7 Å². The van der Waals surface area contributed by atoms with Crippen molar-refractivity contribution < 1.29 is 20.1 Å². The van der Waals surface area contributed by atoms with Crippen LogP contribution in [-0.4, -0.2) is 70.1 Å². The van der Waals surface area contributed by atoms with Crippen LogP contribution in [0.3, 0.4) is 0 Å². The second-order valence-corrected chi connectivity index (χ2v) is 7.86. The van der Waals surface area contributed by atoms with Gasteiger partial charge >= 0.3 is 0 Å². The molecule has 1 amide bonds. The molecule has 1 aliphatic rings. The highest BCUT2D eigenvalue weighted by Gasteiger charge is 2.47. The predicted molar refractivity (Wildman–Crippen MR) is 117 cm³/mol. The first-order valence-corrected chi connectivity index (χ1v) is 10.7. The van der Waals surface area contributed by atoms with Gasteiger partial charge in [0.25, 0.3) is 0 Å². The van der Waals surface area contributed by atoms with Gasteiger partial charge < -0.3 is 20.6 Å². The van der Waals surface area contributed by atoms with Gasteiger partial charge in [-0.1, -0.05) is 54.6 Å². The number of nitrogens with zero attached hydrogens (tertiary/aromatic N) is 1. The number of hydrogen-bond acceptors (Lipinski definition) is 5. The minimum Gasteiger partial charge on any atom is -0.395 e. The highest BCUT2D eigenvalue weighted by Crippen LogP contribution is 2.28. The minimum absolute atomic E-state index is 0.105. The van der Waals surface area contributed by atoms with Crippen LogP contribution in [0.1, 0.15) is 25.3 Å². The first-order chi connectivity index (χ1) is 14.5. The van der Waals surface area contributed by atoms with E-state index in [-0.39, 0.29) is 18.9 Å². The SMILES string of the molecule is CCNC(=O)CC1C(O)C(O)C(CO)N1CCCc1ccc(-c2ccccc2)cc1. The maximum Gasteiger partial charge on any atom is 0.221 e. The average Bonchev–Trinajstić information content (AvgIpc) is 2.99. The molecule has 0 radical (unpaired) electrons. The smallest absolute Gasteiger partial charge is 0.221 e. The molecule has 1 heterocycles. The Kier molecular flexibility index (Phi) is 7.99. The number of amides is 1. The zero-order valence-corrected chi connectivity index (χ0v) is 17.4. The van der Waals surface area contributed by atoms with E-state index in [0.717, 1.165) is 12.8 Å². The second-order valence-electron chi connectivity index (χ2n) is 7.86. The van der Waals surface area contributed by atoms with Gasteiger partial charge in [0.2, 0.25) is 5.91 Å². The van der Waals surface area contributed by atoms with E-state index in [1.807, 2.05) is 30.0 Å². The molecule has 4 atom stereocenters. The molecule has 4 unspecified atom stereocenters. The van der Waals surface area contributed by atoms with Crippen molar-refractivity contribution in [3.63, 3.8) is 0 Å². The molecular formula is C24H32N2O4. The first-order valence-electron chi connectivity index (χ1n) is 10.7. The molecule has 0 bridgehead atoms. The summed E-state index contributed by atoms with van der Waals surface area (Å²) in [6.45, 7) is 2.70. The molecule has 0 aliphatic carbocycles. The number of rotatable bonds is 9. The van der Waals surface area contributed by atoms with Gasteiger partial charge in [0.15, 0.2) is 0 Å². The van der Waals surface area contributed by atoms with Crippen LogP contribution >= 0.6 is 0 Å². The van der Waals surface area contributed by atoms with Crippen LogP contribution in [0.4, 0.5) is 0 Å². The van der Waals surface area contributed by atoms with E-state index < -0.39 is 24.3 Å². The Labute approximate surface area is 178 Å². The zero-order valence-electron chi connectivity index (χ0n) is 17.4. The third-order valence-corrected chi connectivity index (χ3v) is 5.89. The molecule has 2 aromatic rings. The summed E-state index contributed by atoms with van der Waals surface area (Å²) in [5.41, 5.74) is 3.56. The monoisotopic (exact) mass is 412 g/mol. The molecule has 0 aromatic heterocycles. The number of nitrogens with one attached hydrogen (secondary N) is 1. The van der Waals surface area contributed by atoms with Crippen LogP contribution in [0.15, 0.2) is 54.6 Å². The van der Waals surface area contributed by atoms with Crippen LogP contribution < -0.4 is 5.32 Å². The largest absolute Gasteiger partial charge is 0.395 e. The molecule has 6 nitrogen and oxygen atoms in total. The molecule has 2 aromatic carbocycles. The molecule has 6 heteroatoms. The van der Waals surface area contributed by atoms with E-state index in [2.05, 4.69) is 41.7 Å². The molecule has 30 heavy (non-hydrogen) atoms. The highest BCUT2D eigenvalue weighted by molar-refractivity contribution is 5.76. The highest BCUT2D eigenvalue weighted by atomic mass is 16.3. The lowest BCUT2D eigenvalue weighted by atomic mass is 10.0. The minimum atomic E-state index is -1.06. The first kappa shape index (κ1) is 22.4. The number of aliphatic hydroxyl groups excluding tert-OH is 3. The summed E-state index contributed by atoms with van der Waals surface area (Å²) in [5.74, 6) is -0.158. The maximum atomic E-state index is 12.0. The van der Waals surface area contributed by atoms with Crippen LogP contribution in [0.5, 0.6) is 0 Å². The Balaban J connectivity index is 1.60. The fourth-order valence-electron chi connectivity index (χ4n) is 4.30. The number of aryl methyl sites for hydroxylation is 1. The van der Waals surface area contributed by atoms with Crippen molar-refractivity contribution in [1.82, 2.24) is 10.2 Å². The summed E-state index contributed by atoms with van der Waals surface area (Å²) < 4.78 is 0. The number of carbonyl (C=O) groups excluding carboxylic acids is 1. The van der Waals surface area contributed by atoms with E-state index >= 15 is 0 Å². The van der Waals surface area contributed by atoms with Crippen LogP contribution in [0.2, 0.25) is 0 Å². The lowest BCUT2D eigenvalue weighted by molar-refractivity contribution is -0.123. The molecule has 0 spiro atoms. The summed E-state index contributed by atoms with van der Waals surface area (Å²) in [6, 6.07) is 17.6. The number of carbonyl (C=O) groups is 1. The Hall–Kier alpha value is -2.25. The molecule has 162 valence electrons. The summed E-state index contributed by atoms with van der Waals surface area (Å²) in [4.78, 5) is 13.9. The normalized spacial score (nSPS) is 24.1. The Morgan fingerprint density at radius 2 is 1.60 bits per heavy atom. The van der Waals surface area contributed by atoms with Gasteiger partial charge in [-0.05, 0) is 43.0 Å². The standard InChI is InChI=1S/C24H32N2O4/c1-2-25-22(28)15-20-23(29)24(30)21(16-27)26(20)14-6-7-17-10-12-19(13-11-17)18-8-4-3-5-9-18/h3-5,8-13,20-21,23-24,27,29-30H,2,6-7,14-16H2,1H3,(H,25,28). The van der Waals surface area contributed by atoms with Crippen molar-refractivity contribution in [1.29, 1.82) is 0 Å². The van der Waals surface area contributed by atoms with E-state index in [9.17, 15) is 20.1 Å². The second kappa shape index (κ2) is 10.7. The zero-order chi connectivity index (χ0) is 21.5. The van der Waals surface area contributed by atoms with E-state index in [1.165, 1.54) is 16.7 Å². The number of hydrogen-bond donors (Lipinski definition) is 4. The van der Waals surface area contributed by atoms with Gasteiger partial charge in [-0.2, -0.15) is 0 Å². The molecule has 4 N–H and O–H groups in total. The molecule has 1 aliphatic heterocycles. The van der Waals surface area contributed by atoms with Crippen molar-refractivity contribution in [2.45, 2.75) is 50.5 Å². The fourth-order valence-corrected chi connectivity index (χ4v) is 4.30. The topological polar surface area (TPSA) is 93.0 Å². The van der Waals surface area contributed by atoms with Gasteiger partial charge in [-0.25, -0.2) is 0 Å². The average molecular weight is 413 g/mol. The number of likely N-dealkylation sites (tertiary alicyclic amines) is 1. The third kappa shape index (κ3) is 5.26. The lowest BCUT2D eigenvalue weighted by Crippen LogP contribution is -2.44. The summed E-state index contributed by atoms with van der Waals surface area (Å²) in [6.07, 6.45) is -0.362. The van der Waals surface area contributed by atoms with Crippen molar-refractivity contribution in [2.24, 2.45) is 0 Å². The van der Waals surface area contributed by atoms with E-state index in [4.69, 9.17) is 0 Å². The number of benzene rings is 2. The molecule has 1 saturated heterocycles.